The molecule has 0 aliphatic heterocycles. The van der Waals surface area contributed by atoms with Gasteiger partial charge in [0.1, 0.15) is 0 Å². The average Bonchev–Trinajstić information content (AvgIpc) is 2.25. The first-order chi connectivity index (χ1) is 7.52. The molecule has 0 aromatic rings. The number of carbonyl (C=O) groups excluding carboxylic acids is 1. The number of aliphatic hydroxyl groups is 1. The van der Waals surface area contributed by atoms with E-state index in [0.29, 0.717) is 6.61 Å². The van der Waals surface area contributed by atoms with Gasteiger partial charge in [-0.05, 0) is 25.8 Å². The quantitative estimate of drug-likeness (QED) is 0.430. The molecule has 0 heterocycles. The minimum absolute atomic E-state index is 0.0905. The van der Waals surface area contributed by atoms with Crippen LogP contribution in [0.5, 0.6) is 0 Å². The molecule has 2 atom stereocenters. The zero-order valence-corrected chi connectivity index (χ0v) is 10.6. The van der Waals surface area contributed by atoms with Crippen molar-refractivity contribution in [2.45, 2.75) is 40.2 Å². The van der Waals surface area contributed by atoms with E-state index in [1.807, 2.05) is 26.8 Å². The summed E-state index contributed by atoms with van der Waals surface area (Å²) >= 11 is 0. The van der Waals surface area contributed by atoms with Gasteiger partial charge in [0.25, 0.3) is 0 Å². The third-order valence-electron chi connectivity index (χ3n) is 2.31. The van der Waals surface area contributed by atoms with Crippen LogP contribution in [0.2, 0.25) is 0 Å². The number of ether oxygens (including phenoxy) is 1. The van der Waals surface area contributed by atoms with Gasteiger partial charge in [-0.3, -0.25) is 0 Å². The maximum atomic E-state index is 11.1. The standard InChI is InChI=1S/C13H22O3/c1-5-7-10(3)13(15)11(4)8-9-12(14)16-6-2/h7-9,11,13,15H,5-6H2,1-4H3/b9-8+,10-7+. The van der Waals surface area contributed by atoms with Crippen LogP contribution in [0, 0.1) is 5.92 Å². The summed E-state index contributed by atoms with van der Waals surface area (Å²) in [6.45, 7) is 7.92. The topological polar surface area (TPSA) is 46.5 Å². The van der Waals surface area contributed by atoms with Crippen molar-refractivity contribution in [3.63, 3.8) is 0 Å². The molecule has 0 saturated heterocycles. The summed E-state index contributed by atoms with van der Waals surface area (Å²) in [6, 6.07) is 0. The lowest BCUT2D eigenvalue weighted by atomic mass is 9.97. The summed E-state index contributed by atoms with van der Waals surface area (Å²) in [6.07, 6.45) is 5.40. The molecule has 0 aliphatic carbocycles. The van der Waals surface area contributed by atoms with Gasteiger partial charge in [0.2, 0.25) is 0 Å². The summed E-state index contributed by atoms with van der Waals surface area (Å²) in [5.41, 5.74) is 0.934. The van der Waals surface area contributed by atoms with Gasteiger partial charge in [-0.1, -0.05) is 26.0 Å². The minimum Gasteiger partial charge on any atom is -0.463 e. The Labute approximate surface area is 97.8 Å². The van der Waals surface area contributed by atoms with E-state index >= 15 is 0 Å². The van der Waals surface area contributed by atoms with Crippen LogP contribution in [0.3, 0.4) is 0 Å². The first-order valence-corrected chi connectivity index (χ1v) is 5.72. The van der Waals surface area contributed by atoms with Crippen LogP contribution >= 0.6 is 0 Å². The monoisotopic (exact) mass is 226 g/mol. The van der Waals surface area contributed by atoms with Gasteiger partial charge in [-0.2, -0.15) is 0 Å². The predicted octanol–water partition coefficient (Wildman–Crippen LogP) is 2.46. The smallest absolute Gasteiger partial charge is 0.330 e. The lowest BCUT2D eigenvalue weighted by Gasteiger charge is -2.16. The molecule has 2 unspecified atom stereocenters. The maximum Gasteiger partial charge on any atom is 0.330 e. The molecule has 0 bridgehead atoms. The van der Waals surface area contributed by atoms with E-state index in [-0.39, 0.29) is 11.9 Å². The van der Waals surface area contributed by atoms with Crippen molar-refractivity contribution >= 4 is 5.97 Å². The molecule has 0 rings (SSSR count). The van der Waals surface area contributed by atoms with Crippen LogP contribution in [-0.2, 0) is 9.53 Å². The Morgan fingerprint density at radius 3 is 2.56 bits per heavy atom. The molecule has 16 heavy (non-hydrogen) atoms. The fourth-order valence-electron chi connectivity index (χ4n) is 1.38. The van der Waals surface area contributed by atoms with Crippen LogP contribution in [-0.4, -0.2) is 23.8 Å². The van der Waals surface area contributed by atoms with E-state index < -0.39 is 6.10 Å². The van der Waals surface area contributed by atoms with Gasteiger partial charge < -0.3 is 9.84 Å². The molecule has 1 N–H and O–H groups in total. The second-order valence-electron chi connectivity index (χ2n) is 3.77. The van der Waals surface area contributed by atoms with Gasteiger partial charge in [0.05, 0.1) is 12.7 Å². The summed E-state index contributed by atoms with van der Waals surface area (Å²) < 4.78 is 4.76. The molecule has 0 saturated carbocycles. The van der Waals surface area contributed by atoms with Gasteiger partial charge in [0.15, 0.2) is 0 Å². The maximum absolute atomic E-state index is 11.1. The van der Waals surface area contributed by atoms with Crippen molar-refractivity contribution in [3.05, 3.63) is 23.8 Å². The van der Waals surface area contributed by atoms with E-state index in [4.69, 9.17) is 4.74 Å². The Balaban J connectivity index is 4.29. The number of carbonyl (C=O) groups is 1. The zero-order chi connectivity index (χ0) is 12.6. The van der Waals surface area contributed by atoms with E-state index in [1.54, 1.807) is 13.0 Å². The van der Waals surface area contributed by atoms with Crippen LogP contribution in [0.1, 0.15) is 34.1 Å². The first-order valence-electron chi connectivity index (χ1n) is 5.72. The van der Waals surface area contributed by atoms with Crippen LogP contribution in [0.4, 0.5) is 0 Å². The molecule has 0 amide bonds. The summed E-state index contributed by atoms with van der Waals surface area (Å²) in [5.74, 6) is -0.453. The number of esters is 1. The lowest BCUT2D eigenvalue weighted by molar-refractivity contribution is -0.137. The lowest BCUT2D eigenvalue weighted by Crippen LogP contribution is -2.17. The predicted molar refractivity (Wildman–Crippen MR) is 65.0 cm³/mol. The van der Waals surface area contributed by atoms with Crippen LogP contribution < -0.4 is 0 Å². The Morgan fingerprint density at radius 2 is 2.06 bits per heavy atom. The Kier molecular flexibility index (Phi) is 7.56. The third kappa shape index (κ3) is 5.71. The van der Waals surface area contributed by atoms with Gasteiger partial charge in [0, 0.05) is 12.0 Å². The Bertz CT molecular complexity index is 266. The molecule has 0 fully saturated rings. The van der Waals surface area contributed by atoms with Crippen molar-refractivity contribution in [2.75, 3.05) is 6.61 Å². The third-order valence-corrected chi connectivity index (χ3v) is 2.31. The van der Waals surface area contributed by atoms with Gasteiger partial charge in [-0.15, -0.1) is 0 Å². The molecule has 92 valence electrons. The highest BCUT2D eigenvalue weighted by Crippen LogP contribution is 2.14. The normalized spacial score (nSPS) is 16.2. The van der Waals surface area contributed by atoms with Gasteiger partial charge >= 0.3 is 5.97 Å². The second-order valence-corrected chi connectivity index (χ2v) is 3.77. The van der Waals surface area contributed by atoms with Crippen molar-refractivity contribution in [3.8, 4) is 0 Å². The number of rotatable bonds is 6. The molecular formula is C13H22O3. The fraction of sp³-hybridized carbons (Fsp3) is 0.615. The molecule has 0 aromatic heterocycles. The largest absolute Gasteiger partial charge is 0.463 e. The number of hydrogen-bond donors (Lipinski definition) is 1. The molecule has 0 radical (unpaired) electrons. The Hall–Kier alpha value is -1.09. The highest BCUT2D eigenvalue weighted by Gasteiger charge is 2.13. The summed E-state index contributed by atoms with van der Waals surface area (Å²) in [4.78, 5) is 11.1. The second kappa shape index (κ2) is 8.11. The van der Waals surface area contributed by atoms with Crippen molar-refractivity contribution in [1.82, 2.24) is 0 Å². The Morgan fingerprint density at radius 1 is 1.44 bits per heavy atom. The first kappa shape index (κ1) is 14.9. The molecular weight excluding hydrogens is 204 g/mol. The molecule has 0 aliphatic rings. The fourth-order valence-corrected chi connectivity index (χ4v) is 1.38. The van der Waals surface area contributed by atoms with E-state index in [9.17, 15) is 9.90 Å². The zero-order valence-electron chi connectivity index (χ0n) is 10.6. The molecule has 3 heteroatoms. The average molecular weight is 226 g/mol. The highest BCUT2D eigenvalue weighted by molar-refractivity contribution is 5.81. The highest BCUT2D eigenvalue weighted by atomic mass is 16.5. The van der Waals surface area contributed by atoms with Crippen LogP contribution in [0.25, 0.3) is 0 Å². The van der Waals surface area contributed by atoms with Crippen molar-refractivity contribution < 1.29 is 14.6 Å². The number of hydrogen-bond acceptors (Lipinski definition) is 3. The van der Waals surface area contributed by atoms with E-state index in [2.05, 4.69) is 0 Å². The van der Waals surface area contributed by atoms with E-state index in [0.717, 1.165) is 12.0 Å². The molecule has 3 nitrogen and oxygen atoms in total. The van der Waals surface area contributed by atoms with Gasteiger partial charge in [-0.25, -0.2) is 4.79 Å². The van der Waals surface area contributed by atoms with Crippen molar-refractivity contribution in [1.29, 1.82) is 0 Å². The van der Waals surface area contributed by atoms with Crippen LogP contribution in [0.15, 0.2) is 23.8 Å². The van der Waals surface area contributed by atoms with E-state index in [1.165, 1.54) is 6.08 Å². The summed E-state index contributed by atoms with van der Waals surface area (Å²) in [5, 5.41) is 9.89. The minimum atomic E-state index is -0.536. The number of aliphatic hydroxyl groups excluding tert-OH is 1. The molecule has 0 aromatic carbocycles. The SMILES string of the molecule is CC/C=C(\C)C(O)C(C)/C=C/C(=O)OCC. The van der Waals surface area contributed by atoms with Crippen molar-refractivity contribution in [2.24, 2.45) is 5.92 Å². The number of allylic oxidation sites excluding steroid dienone is 1. The molecule has 0 spiro atoms. The summed E-state index contributed by atoms with van der Waals surface area (Å²) in [7, 11) is 0.